The van der Waals surface area contributed by atoms with Crippen LogP contribution in [0, 0.1) is 0 Å². The molecule has 3 nitrogen and oxygen atoms in total. The second kappa shape index (κ2) is 8.57. The maximum atomic E-state index is 5.43. The third kappa shape index (κ3) is 4.67. The van der Waals surface area contributed by atoms with Crippen molar-refractivity contribution in [2.75, 3.05) is 27.4 Å². The molecule has 0 aliphatic carbocycles. The highest BCUT2D eigenvalue weighted by molar-refractivity contribution is 5.31. The molecule has 0 saturated carbocycles. The van der Waals surface area contributed by atoms with E-state index in [-0.39, 0.29) is 12.1 Å². The van der Waals surface area contributed by atoms with E-state index in [4.69, 9.17) is 9.47 Å². The third-order valence-electron chi connectivity index (χ3n) is 3.50. The van der Waals surface area contributed by atoms with Gasteiger partial charge < -0.3 is 14.8 Å². The van der Waals surface area contributed by atoms with Crippen molar-refractivity contribution in [3.8, 4) is 0 Å². The number of methoxy groups -OCH3 is 2. The summed E-state index contributed by atoms with van der Waals surface area (Å²) in [4.78, 5) is 0. The fraction of sp³-hybridized carbons (Fsp3) is 0.333. The second-order valence-corrected chi connectivity index (χ2v) is 4.98. The summed E-state index contributed by atoms with van der Waals surface area (Å²) in [6, 6.07) is 21.1. The molecule has 3 heteroatoms. The highest BCUT2D eigenvalue weighted by Gasteiger charge is 2.15. The highest BCUT2D eigenvalue weighted by Crippen LogP contribution is 2.21. The van der Waals surface area contributed by atoms with E-state index in [0.717, 1.165) is 6.54 Å². The van der Waals surface area contributed by atoms with Gasteiger partial charge in [0.2, 0.25) is 0 Å². The Balaban J connectivity index is 2.13. The molecule has 0 spiro atoms. The van der Waals surface area contributed by atoms with Crippen LogP contribution in [0.15, 0.2) is 60.7 Å². The van der Waals surface area contributed by atoms with Crippen LogP contribution in [0.4, 0.5) is 0 Å². The Morgan fingerprint density at radius 3 is 1.81 bits per heavy atom. The van der Waals surface area contributed by atoms with E-state index in [0.29, 0.717) is 6.61 Å². The molecule has 2 aromatic carbocycles. The van der Waals surface area contributed by atoms with E-state index in [1.165, 1.54) is 11.1 Å². The SMILES string of the molecule is COCC(CNC(c1ccccc1)c1ccccc1)OC. The third-order valence-corrected chi connectivity index (χ3v) is 3.50. The van der Waals surface area contributed by atoms with E-state index >= 15 is 0 Å². The molecule has 112 valence electrons. The molecular formula is C18H23NO2. The van der Waals surface area contributed by atoms with Crippen LogP contribution in [0.2, 0.25) is 0 Å². The van der Waals surface area contributed by atoms with Gasteiger partial charge in [0.1, 0.15) is 0 Å². The van der Waals surface area contributed by atoms with Crippen molar-refractivity contribution in [3.63, 3.8) is 0 Å². The molecule has 0 bridgehead atoms. The molecule has 0 radical (unpaired) electrons. The van der Waals surface area contributed by atoms with Crippen molar-refractivity contribution in [2.45, 2.75) is 12.1 Å². The van der Waals surface area contributed by atoms with Gasteiger partial charge in [-0.25, -0.2) is 0 Å². The van der Waals surface area contributed by atoms with Crippen molar-refractivity contribution < 1.29 is 9.47 Å². The standard InChI is InChI=1S/C18H23NO2/c1-20-14-17(21-2)13-19-18(15-9-5-3-6-10-15)16-11-7-4-8-12-16/h3-12,17-19H,13-14H2,1-2H3. The van der Waals surface area contributed by atoms with Gasteiger partial charge >= 0.3 is 0 Å². The van der Waals surface area contributed by atoms with Crippen LogP contribution in [-0.4, -0.2) is 33.5 Å². The second-order valence-electron chi connectivity index (χ2n) is 4.98. The van der Waals surface area contributed by atoms with Gasteiger partial charge in [0.15, 0.2) is 0 Å². The van der Waals surface area contributed by atoms with Crippen molar-refractivity contribution in [1.82, 2.24) is 5.32 Å². The molecule has 1 unspecified atom stereocenters. The summed E-state index contributed by atoms with van der Waals surface area (Å²) in [7, 11) is 3.41. The van der Waals surface area contributed by atoms with Crippen molar-refractivity contribution >= 4 is 0 Å². The van der Waals surface area contributed by atoms with Crippen LogP contribution >= 0.6 is 0 Å². The molecule has 21 heavy (non-hydrogen) atoms. The maximum Gasteiger partial charge on any atom is 0.0928 e. The smallest absolute Gasteiger partial charge is 0.0928 e. The molecule has 0 aromatic heterocycles. The van der Waals surface area contributed by atoms with Crippen LogP contribution in [0.5, 0.6) is 0 Å². The summed E-state index contributed by atoms with van der Waals surface area (Å²) < 4.78 is 10.6. The molecule has 2 rings (SSSR count). The molecule has 0 saturated heterocycles. The minimum atomic E-state index is 0.0462. The minimum absolute atomic E-state index is 0.0462. The Labute approximate surface area is 126 Å². The zero-order valence-corrected chi connectivity index (χ0v) is 12.7. The van der Waals surface area contributed by atoms with Gasteiger partial charge in [-0.15, -0.1) is 0 Å². The predicted molar refractivity (Wildman–Crippen MR) is 85.4 cm³/mol. The fourth-order valence-corrected chi connectivity index (χ4v) is 2.36. The largest absolute Gasteiger partial charge is 0.382 e. The molecule has 1 atom stereocenters. The van der Waals surface area contributed by atoms with E-state index in [9.17, 15) is 0 Å². The lowest BCUT2D eigenvalue weighted by Gasteiger charge is -2.23. The average molecular weight is 285 g/mol. The van der Waals surface area contributed by atoms with Crippen molar-refractivity contribution in [1.29, 1.82) is 0 Å². The van der Waals surface area contributed by atoms with Crippen molar-refractivity contribution in [2.24, 2.45) is 0 Å². The number of ether oxygens (including phenoxy) is 2. The zero-order chi connectivity index (χ0) is 14.9. The van der Waals surface area contributed by atoms with Gasteiger partial charge in [-0.2, -0.15) is 0 Å². The van der Waals surface area contributed by atoms with Crippen LogP contribution in [0.1, 0.15) is 17.2 Å². The van der Waals surface area contributed by atoms with E-state index in [1.807, 2.05) is 12.1 Å². The molecule has 0 aliphatic rings. The van der Waals surface area contributed by atoms with Gasteiger partial charge in [-0.05, 0) is 11.1 Å². The van der Waals surface area contributed by atoms with Gasteiger partial charge in [0.05, 0.1) is 18.8 Å². The Morgan fingerprint density at radius 1 is 0.857 bits per heavy atom. The summed E-state index contributed by atoms with van der Waals surface area (Å²) >= 11 is 0. The Bertz CT molecular complexity index is 462. The first-order chi connectivity index (χ1) is 10.3. The monoisotopic (exact) mass is 285 g/mol. The summed E-state index contributed by atoms with van der Waals surface area (Å²) in [5, 5.41) is 3.58. The van der Waals surface area contributed by atoms with Crippen LogP contribution in [0.3, 0.4) is 0 Å². The first-order valence-corrected chi connectivity index (χ1v) is 7.20. The Hall–Kier alpha value is -1.68. The average Bonchev–Trinajstić information content (AvgIpc) is 2.56. The Kier molecular flexibility index (Phi) is 6.41. The molecule has 2 aromatic rings. The topological polar surface area (TPSA) is 30.5 Å². The number of hydrogen-bond donors (Lipinski definition) is 1. The number of hydrogen-bond acceptors (Lipinski definition) is 3. The van der Waals surface area contributed by atoms with Crippen LogP contribution in [-0.2, 0) is 9.47 Å². The number of benzene rings is 2. The molecule has 0 aliphatic heterocycles. The summed E-state index contributed by atoms with van der Waals surface area (Å²) in [5.41, 5.74) is 2.49. The fourth-order valence-electron chi connectivity index (χ4n) is 2.36. The van der Waals surface area contributed by atoms with E-state index in [1.54, 1.807) is 14.2 Å². The zero-order valence-electron chi connectivity index (χ0n) is 12.7. The highest BCUT2D eigenvalue weighted by atomic mass is 16.5. The summed E-state index contributed by atoms with van der Waals surface area (Å²) in [6.45, 7) is 1.32. The van der Waals surface area contributed by atoms with Gasteiger partial charge in [0.25, 0.3) is 0 Å². The van der Waals surface area contributed by atoms with Crippen LogP contribution < -0.4 is 5.32 Å². The Morgan fingerprint density at radius 2 is 1.38 bits per heavy atom. The summed E-state index contributed by atoms with van der Waals surface area (Å²) in [5.74, 6) is 0. The minimum Gasteiger partial charge on any atom is -0.382 e. The number of nitrogens with one attached hydrogen (secondary N) is 1. The molecule has 0 heterocycles. The van der Waals surface area contributed by atoms with Gasteiger partial charge in [-0.3, -0.25) is 0 Å². The first kappa shape index (κ1) is 15.7. The number of rotatable bonds is 8. The lowest BCUT2D eigenvalue weighted by Crippen LogP contribution is -2.34. The molecule has 0 fully saturated rings. The van der Waals surface area contributed by atoms with Gasteiger partial charge in [-0.1, -0.05) is 60.7 Å². The normalized spacial score (nSPS) is 12.5. The lowest BCUT2D eigenvalue weighted by atomic mass is 9.98. The maximum absolute atomic E-state index is 5.43. The molecule has 1 N–H and O–H groups in total. The van der Waals surface area contributed by atoms with Crippen LogP contribution in [0.25, 0.3) is 0 Å². The van der Waals surface area contributed by atoms with Crippen molar-refractivity contribution in [3.05, 3.63) is 71.8 Å². The lowest BCUT2D eigenvalue weighted by molar-refractivity contribution is 0.0279. The van der Waals surface area contributed by atoms with E-state index < -0.39 is 0 Å². The van der Waals surface area contributed by atoms with E-state index in [2.05, 4.69) is 53.8 Å². The molecule has 0 amide bonds. The van der Waals surface area contributed by atoms with Gasteiger partial charge in [0, 0.05) is 20.8 Å². The first-order valence-electron chi connectivity index (χ1n) is 7.20. The molecular weight excluding hydrogens is 262 g/mol. The quantitative estimate of drug-likeness (QED) is 0.808. The summed E-state index contributed by atoms with van der Waals surface area (Å²) in [6.07, 6.45) is 0.0462. The predicted octanol–water partition coefficient (Wildman–Crippen LogP) is 3.03.